The van der Waals surface area contributed by atoms with Crippen molar-refractivity contribution in [3.63, 3.8) is 0 Å². The van der Waals surface area contributed by atoms with Crippen LogP contribution in [0.5, 0.6) is 5.75 Å². The highest BCUT2D eigenvalue weighted by Crippen LogP contribution is 2.31. The molecule has 4 heteroatoms. The van der Waals surface area contributed by atoms with Gasteiger partial charge in [0.1, 0.15) is 5.75 Å². The second-order valence-electron chi connectivity index (χ2n) is 5.44. The summed E-state index contributed by atoms with van der Waals surface area (Å²) in [5.74, 6) is 1.58. The van der Waals surface area contributed by atoms with E-state index in [0.29, 0.717) is 12.0 Å². The summed E-state index contributed by atoms with van der Waals surface area (Å²) in [5.41, 5.74) is 1.34. The zero-order valence-corrected chi connectivity index (χ0v) is 14.5. The number of benzene rings is 1. The van der Waals surface area contributed by atoms with Crippen LogP contribution in [0.25, 0.3) is 0 Å². The molecule has 1 aliphatic heterocycles. The van der Waals surface area contributed by atoms with Crippen LogP contribution in [0.4, 0.5) is 0 Å². The van der Waals surface area contributed by atoms with Gasteiger partial charge in [-0.1, -0.05) is 25.1 Å². The molecule has 2 atom stereocenters. The first-order chi connectivity index (χ1) is 10.3. The molecule has 1 aromatic heterocycles. The zero-order chi connectivity index (χ0) is 14.7. The SMILES string of the molecule is CCNC(Cc1sccc1Br)C1COc2ccccc2C1. The van der Waals surface area contributed by atoms with Gasteiger partial charge < -0.3 is 10.1 Å². The molecule has 0 amide bonds. The molecule has 1 N–H and O–H groups in total. The van der Waals surface area contributed by atoms with Crippen molar-refractivity contribution in [1.29, 1.82) is 0 Å². The molecule has 3 rings (SSSR count). The second kappa shape index (κ2) is 6.95. The van der Waals surface area contributed by atoms with Gasteiger partial charge in [0, 0.05) is 21.3 Å². The highest BCUT2D eigenvalue weighted by atomic mass is 79.9. The fourth-order valence-corrected chi connectivity index (χ4v) is 4.52. The summed E-state index contributed by atoms with van der Waals surface area (Å²) in [6.07, 6.45) is 2.15. The van der Waals surface area contributed by atoms with Gasteiger partial charge in [0.2, 0.25) is 0 Å². The molecule has 21 heavy (non-hydrogen) atoms. The summed E-state index contributed by atoms with van der Waals surface area (Å²) < 4.78 is 7.19. The molecular weight excluding hydrogens is 346 g/mol. The summed E-state index contributed by atoms with van der Waals surface area (Å²) in [7, 11) is 0. The maximum atomic E-state index is 5.96. The average molecular weight is 366 g/mol. The Morgan fingerprint density at radius 1 is 1.38 bits per heavy atom. The number of halogens is 1. The third-order valence-corrected chi connectivity index (χ3v) is 5.99. The number of fused-ring (bicyclic) bond motifs is 1. The van der Waals surface area contributed by atoms with E-state index in [1.54, 1.807) is 0 Å². The average Bonchev–Trinajstić information content (AvgIpc) is 2.91. The molecule has 2 heterocycles. The van der Waals surface area contributed by atoms with Crippen molar-refractivity contribution >= 4 is 27.3 Å². The van der Waals surface area contributed by atoms with E-state index >= 15 is 0 Å². The van der Waals surface area contributed by atoms with E-state index < -0.39 is 0 Å². The van der Waals surface area contributed by atoms with Crippen LogP contribution >= 0.6 is 27.3 Å². The molecule has 112 valence electrons. The lowest BCUT2D eigenvalue weighted by atomic mass is 9.88. The number of hydrogen-bond acceptors (Lipinski definition) is 3. The molecule has 0 saturated heterocycles. The number of nitrogens with one attached hydrogen (secondary N) is 1. The number of thiophene rings is 1. The Labute approximate surface area is 138 Å². The smallest absolute Gasteiger partial charge is 0.122 e. The Bertz CT molecular complexity index is 598. The Kier molecular flexibility index (Phi) is 4.99. The molecule has 0 aliphatic carbocycles. The third kappa shape index (κ3) is 3.50. The Morgan fingerprint density at radius 2 is 2.24 bits per heavy atom. The molecule has 0 bridgehead atoms. The summed E-state index contributed by atoms with van der Waals surface area (Å²) in [4.78, 5) is 1.42. The largest absolute Gasteiger partial charge is 0.493 e. The van der Waals surface area contributed by atoms with Gasteiger partial charge in [0.15, 0.2) is 0 Å². The van der Waals surface area contributed by atoms with E-state index in [0.717, 1.165) is 31.7 Å². The summed E-state index contributed by atoms with van der Waals surface area (Å²) in [6, 6.07) is 11.0. The first kappa shape index (κ1) is 15.1. The van der Waals surface area contributed by atoms with Gasteiger partial charge in [0.25, 0.3) is 0 Å². The van der Waals surface area contributed by atoms with Crippen molar-refractivity contribution in [2.45, 2.75) is 25.8 Å². The highest BCUT2D eigenvalue weighted by molar-refractivity contribution is 9.10. The van der Waals surface area contributed by atoms with E-state index in [4.69, 9.17) is 4.74 Å². The normalized spacial score (nSPS) is 18.9. The standard InChI is InChI=1S/C17H20BrNOS/c1-2-19-15(10-17-14(18)7-8-21-17)13-9-12-5-3-4-6-16(12)20-11-13/h3-8,13,15,19H,2,9-11H2,1H3. The lowest BCUT2D eigenvalue weighted by Gasteiger charge is -2.32. The number of hydrogen-bond donors (Lipinski definition) is 1. The summed E-state index contributed by atoms with van der Waals surface area (Å²) in [6.45, 7) is 3.97. The van der Waals surface area contributed by atoms with Gasteiger partial charge in [-0.05, 0) is 58.4 Å². The molecule has 2 nitrogen and oxygen atoms in total. The maximum absolute atomic E-state index is 5.96. The summed E-state index contributed by atoms with van der Waals surface area (Å²) >= 11 is 5.47. The number of ether oxygens (including phenoxy) is 1. The van der Waals surface area contributed by atoms with Crippen molar-refractivity contribution in [2.24, 2.45) is 5.92 Å². The zero-order valence-electron chi connectivity index (χ0n) is 12.1. The van der Waals surface area contributed by atoms with Crippen molar-refractivity contribution in [3.8, 4) is 5.75 Å². The monoisotopic (exact) mass is 365 g/mol. The van der Waals surface area contributed by atoms with Crippen LogP contribution in [0, 0.1) is 5.92 Å². The summed E-state index contributed by atoms with van der Waals surface area (Å²) in [5, 5.41) is 5.80. The molecule has 0 radical (unpaired) electrons. The molecule has 0 spiro atoms. The first-order valence-corrected chi connectivity index (χ1v) is 9.11. The van der Waals surface area contributed by atoms with Crippen molar-refractivity contribution in [1.82, 2.24) is 5.32 Å². The van der Waals surface area contributed by atoms with E-state index in [1.165, 1.54) is 14.9 Å². The van der Waals surface area contributed by atoms with E-state index in [-0.39, 0.29) is 0 Å². The van der Waals surface area contributed by atoms with Gasteiger partial charge in [0.05, 0.1) is 6.61 Å². The Balaban J connectivity index is 1.74. The predicted octanol–water partition coefficient (Wildman–Crippen LogP) is 4.28. The molecule has 2 aromatic rings. The Morgan fingerprint density at radius 3 is 3.00 bits per heavy atom. The predicted molar refractivity (Wildman–Crippen MR) is 92.3 cm³/mol. The van der Waals surface area contributed by atoms with Crippen molar-refractivity contribution in [3.05, 3.63) is 50.6 Å². The molecule has 0 saturated carbocycles. The van der Waals surface area contributed by atoms with Gasteiger partial charge in [-0.3, -0.25) is 0 Å². The minimum atomic E-state index is 0.457. The molecular formula is C17H20BrNOS. The van der Waals surface area contributed by atoms with Crippen LogP contribution in [-0.4, -0.2) is 19.2 Å². The fourth-order valence-electron chi connectivity index (χ4n) is 2.95. The van der Waals surface area contributed by atoms with Crippen LogP contribution in [0.1, 0.15) is 17.4 Å². The molecule has 1 aromatic carbocycles. The van der Waals surface area contributed by atoms with E-state index in [1.807, 2.05) is 17.4 Å². The molecule has 2 unspecified atom stereocenters. The lowest BCUT2D eigenvalue weighted by molar-refractivity contribution is 0.184. The third-order valence-electron chi connectivity index (χ3n) is 4.04. The van der Waals surface area contributed by atoms with Gasteiger partial charge in [-0.25, -0.2) is 0 Å². The lowest BCUT2D eigenvalue weighted by Crippen LogP contribution is -2.43. The molecule has 1 aliphatic rings. The first-order valence-electron chi connectivity index (χ1n) is 7.44. The van der Waals surface area contributed by atoms with Crippen LogP contribution in [0.2, 0.25) is 0 Å². The topological polar surface area (TPSA) is 21.3 Å². The quantitative estimate of drug-likeness (QED) is 0.853. The van der Waals surface area contributed by atoms with Gasteiger partial charge in [-0.2, -0.15) is 0 Å². The fraction of sp³-hybridized carbons (Fsp3) is 0.412. The number of likely N-dealkylation sites (N-methyl/N-ethyl adjacent to an activating group) is 1. The highest BCUT2D eigenvalue weighted by Gasteiger charge is 2.27. The minimum absolute atomic E-state index is 0.457. The van der Waals surface area contributed by atoms with Crippen molar-refractivity contribution < 1.29 is 4.74 Å². The number of rotatable bonds is 5. The van der Waals surface area contributed by atoms with E-state index in [9.17, 15) is 0 Å². The van der Waals surface area contributed by atoms with Crippen LogP contribution in [0.3, 0.4) is 0 Å². The van der Waals surface area contributed by atoms with Crippen molar-refractivity contribution in [2.75, 3.05) is 13.2 Å². The van der Waals surface area contributed by atoms with E-state index in [2.05, 4.69) is 57.8 Å². The molecule has 0 fully saturated rings. The maximum Gasteiger partial charge on any atom is 0.122 e. The van der Waals surface area contributed by atoms with Gasteiger partial charge >= 0.3 is 0 Å². The van der Waals surface area contributed by atoms with Crippen LogP contribution < -0.4 is 10.1 Å². The second-order valence-corrected chi connectivity index (χ2v) is 7.30. The Hall–Kier alpha value is -0.840. The minimum Gasteiger partial charge on any atom is -0.493 e. The van der Waals surface area contributed by atoms with Crippen LogP contribution in [-0.2, 0) is 12.8 Å². The number of para-hydroxylation sites is 1. The van der Waals surface area contributed by atoms with Gasteiger partial charge in [-0.15, -0.1) is 11.3 Å². The van der Waals surface area contributed by atoms with Crippen LogP contribution in [0.15, 0.2) is 40.2 Å².